The molecule has 3 rings (SSSR count). The first kappa shape index (κ1) is 22.7. The fraction of sp³-hybridized carbons (Fsp3) is 0.409. The van der Waals surface area contributed by atoms with Gasteiger partial charge in [0.1, 0.15) is 5.75 Å². The van der Waals surface area contributed by atoms with E-state index in [2.05, 4.69) is 0 Å². The molecule has 8 heteroatoms. The Bertz CT molecular complexity index is 989. The van der Waals surface area contributed by atoms with Crippen molar-refractivity contribution in [1.82, 2.24) is 9.21 Å². The largest absolute Gasteiger partial charge is 0.497 e. The van der Waals surface area contributed by atoms with Crippen LogP contribution < -0.4 is 4.74 Å². The molecular formula is C22H28N2O4S2. The minimum Gasteiger partial charge on any atom is -0.497 e. The zero-order valence-corrected chi connectivity index (χ0v) is 19.5. The molecule has 30 heavy (non-hydrogen) atoms. The topological polar surface area (TPSA) is 66.9 Å². The Morgan fingerprint density at radius 3 is 2.10 bits per heavy atom. The van der Waals surface area contributed by atoms with Crippen LogP contribution in [0.1, 0.15) is 16.7 Å². The minimum absolute atomic E-state index is 0.0237. The van der Waals surface area contributed by atoms with E-state index in [1.54, 1.807) is 12.0 Å². The van der Waals surface area contributed by atoms with Gasteiger partial charge in [-0.2, -0.15) is 4.31 Å². The Kier molecular flexibility index (Phi) is 7.10. The summed E-state index contributed by atoms with van der Waals surface area (Å²) in [4.78, 5) is 15.7. The number of aryl methyl sites for hydroxylation is 3. The fourth-order valence-corrected chi connectivity index (χ4v) is 6.42. The summed E-state index contributed by atoms with van der Waals surface area (Å²) in [6.45, 7) is 7.08. The van der Waals surface area contributed by atoms with Crippen molar-refractivity contribution in [3.8, 4) is 5.75 Å². The molecule has 1 heterocycles. The first-order chi connectivity index (χ1) is 14.2. The molecule has 0 N–H and O–H groups in total. The van der Waals surface area contributed by atoms with E-state index in [0.29, 0.717) is 36.8 Å². The second-order valence-electron chi connectivity index (χ2n) is 7.48. The maximum Gasteiger partial charge on any atom is 0.243 e. The number of nitrogens with zero attached hydrogens (tertiary/aromatic N) is 2. The monoisotopic (exact) mass is 448 g/mol. The van der Waals surface area contributed by atoms with E-state index in [1.165, 1.54) is 16.1 Å². The van der Waals surface area contributed by atoms with Crippen LogP contribution >= 0.6 is 11.8 Å². The predicted molar refractivity (Wildman–Crippen MR) is 120 cm³/mol. The van der Waals surface area contributed by atoms with Crippen molar-refractivity contribution in [2.45, 2.75) is 30.6 Å². The average Bonchev–Trinajstić information content (AvgIpc) is 2.71. The number of hydrogen-bond donors (Lipinski definition) is 0. The van der Waals surface area contributed by atoms with Crippen molar-refractivity contribution in [3.05, 3.63) is 53.1 Å². The summed E-state index contributed by atoms with van der Waals surface area (Å²) in [6.07, 6.45) is 0. The van der Waals surface area contributed by atoms with Crippen molar-refractivity contribution in [2.75, 3.05) is 39.0 Å². The van der Waals surface area contributed by atoms with E-state index in [0.717, 1.165) is 27.3 Å². The van der Waals surface area contributed by atoms with Gasteiger partial charge in [0.25, 0.3) is 0 Å². The Morgan fingerprint density at radius 1 is 1.00 bits per heavy atom. The third-order valence-corrected chi connectivity index (χ3v) is 8.42. The van der Waals surface area contributed by atoms with Gasteiger partial charge < -0.3 is 9.64 Å². The number of sulfonamides is 1. The maximum absolute atomic E-state index is 13.2. The van der Waals surface area contributed by atoms with Crippen molar-refractivity contribution < 1.29 is 17.9 Å². The molecular weight excluding hydrogens is 420 g/mol. The first-order valence-electron chi connectivity index (χ1n) is 9.85. The second kappa shape index (κ2) is 9.41. The molecule has 1 aliphatic rings. The summed E-state index contributed by atoms with van der Waals surface area (Å²) in [5, 5.41) is 0. The molecule has 0 atom stereocenters. The van der Waals surface area contributed by atoms with Crippen LogP contribution in [0.15, 0.2) is 46.2 Å². The summed E-state index contributed by atoms with van der Waals surface area (Å²) >= 11 is 1.47. The number of rotatable bonds is 6. The highest BCUT2D eigenvalue weighted by atomic mass is 32.2. The highest BCUT2D eigenvalue weighted by Gasteiger charge is 2.32. The number of thioether (sulfide) groups is 1. The number of carbonyl (C=O) groups is 1. The van der Waals surface area contributed by atoms with Gasteiger partial charge in [0.2, 0.25) is 15.9 Å². The number of methoxy groups -OCH3 is 1. The third kappa shape index (κ3) is 4.99. The molecule has 0 bridgehead atoms. The lowest BCUT2D eigenvalue weighted by molar-refractivity contribution is -0.129. The van der Waals surface area contributed by atoms with Crippen LogP contribution in [0.5, 0.6) is 5.75 Å². The molecule has 0 spiro atoms. The first-order valence-corrected chi connectivity index (χ1v) is 12.3. The highest BCUT2D eigenvalue weighted by Crippen LogP contribution is 2.26. The number of amides is 1. The smallest absolute Gasteiger partial charge is 0.243 e. The van der Waals surface area contributed by atoms with E-state index >= 15 is 0 Å². The van der Waals surface area contributed by atoms with Gasteiger partial charge in [-0.1, -0.05) is 17.7 Å². The van der Waals surface area contributed by atoms with Crippen molar-refractivity contribution in [3.63, 3.8) is 0 Å². The van der Waals surface area contributed by atoms with Crippen LogP contribution in [0, 0.1) is 20.8 Å². The van der Waals surface area contributed by atoms with Gasteiger partial charge in [0, 0.05) is 31.1 Å². The molecule has 0 aliphatic carbocycles. The van der Waals surface area contributed by atoms with Crippen LogP contribution in [0.4, 0.5) is 0 Å². The number of carbonyl (C=O) groups excluding carboxylic acids is 1. The van der Waals surface area contributed by atoms with Crippen LogP contribution in [0.25, 0.3) is 0 Å². The Balaban J connectivity index is 1.59. The maximum atomic E-state index is 13.2. The molecule has 1 fully saturated rings. The molecule has 0 radical (unpaired) electrons. The predicted octanol–water partition coefficient (Wildman–Crippen LogP) is 3.25. The third-order valence-electron chi connectivity index (χ3n) is 5.22. The van der Waals surface area contributed by atoms with Crippen LogP contribution in [-0.2, 0) is 14.8 Å². The summed E-state index contributed by atoms with van der Waals surface area (Å²) < 4.78 is 33.0. The summed E-state index contributed by atoms with van der Waals surface area (Å²) in [5.41, 5.74) is 2.58. The molecule has 2 aromatic carbocycles. The molecule has 0 unspecified atom stereocenters. The van der Waals surface area contributed by atoms with Gasteiger partial charge in [-0.15, -0.1) is 11.8 Å². The summed E-state index contributed by atoms with van der Waals surface area (Å²) in [6, 6.07) is 11.4. The Morgan fingerprint density at radius 2 is 1.57 bits per heavy atom. The lowest BCUT2D eigenvalue weighted by Gasteiger charge is -2.34. The molecule has 6 nitrogen and oxygen atoms in total. The molecule has 0 aromatic heterocycles. The van der Waals surface area contributed by atoms with Gasteiger partial charge in [0.05, 0.1) is 17.8 Å². The quantitative estimate of drug-likeness (QED) is 0.635. The Labute approximate surface area is 183 Å². The minimum atomic E-state index is -3.57. The van der Waals surface area contributed by atoms with E-state index in [9.17, 15) is 13.2 Å². The summed E-state index contributed by atoms with van der Waals surface area (Å²) in [5.74, 6) is 1.13. The zero-order chi connectivity index (χ0) is 21.9. The lowest BCUT2D eigenvalue weighted by Crippen LogP contribution is -2.51. The summed E-state index contributed by atoms with van der Waals surface area (Å²) in [7, 11) is -1.95. The van der Waals surface area contributed by atoms with Gasteiger partial charge in [-0.3, -0.25) is 4.79 Å². The standard InChI is InChI=1S/C22H28N2O4S2/c1-16-13-17(2)22(18(3)14-16)30(26,27)24-11-9-23(10-12-24)21(25)15-29-20-7-5-19(28-4)6-8-20/h5-8,13-14H,9-12,15H2,1-4H3. The van der Waals surface area contributed by atoms with Crippen molar-refractivity contribution in [2.24, 2.45) is 0 Å². The van der Waals surface area contributed by atoms with Crippen LogP contribution in [-0.4, -0.2) is 62.6 Å². The molecule has 2 aromatic rings. The molecule has 1 saturated heterocycles. The average molecular weight is 449 g/mol. The Hall–Kier alpha value is -2.03. The van der Waals surface area contributed by atoms with Crippen molar-refractivity contribution in [1.29, 1.82) is 0 Å². The van der Waals surface area contributed by atoms with Crippen LogP contribution in [0.3, 0.4) is 0 Å². The van der Waals surface area contributed by atoms with Gasteiger partial charge >= 0.3 is 0 Å². The van der Waals surface area contributed by atoms with Gasteiger partial charge in [-0.05, 0) is 56.2 Å². The zero-order valence-electron chi connectivity index (χ0n) is 17.8. The van der Waals surface area contributed by atoms with E-state index in [4.69, 9.17) is 4.74 Å². The number of hydrogen-bond acceptors (Lipinski definition) is 5. The normalized spacial score (nSPS) is 15.3. The van der Waals surface area contributed by atoms with E-state index in [-0.39, 0.29) is 5.91 Å². The second-order valence-corrected chi connectivity index (χ2v) is 10.4. The van der Waals surface area contributed by atoms with E-state index < -0.39 is 10.0 Å². The highest BCUT2D eigenvalue weighted by molar-refractivity contribution is 8.00. The fourth-order valence-electron chi connectivity index (χ4n) is 3.79. The molecule has 1 amide bonds. The van der Waals surface area contributed by atoms with Gasteiger partial charge in [-0.25, -0.2) is 8.42 Å². The SMILES string of the molecule is COc1ccc(SCC(=O)N2CCN(S(=O)(=O)c3c(C)cc(C)cc3C)CC2)cc1. The molecule has 0 saturated carbocycles. The lowest BCUT2D eigenvalue weighted by atomic mass is 10.1. The van der Waals surface area contributed by atoms with Crippen molar-refractivity contribution >= 4 is 27.7 Å². The molecule has 162 valence electrons. The molecule has 1 aliphatic heterocycles. The van der Waals surface area contributed by atoms with Gasteiger partial charge in [0.15, 0.2) is 0 Å². The number of piperazine rings is 1. The van der Waals surface area contributed by atoms with E-state index in [1.807, 2.05) is 57.2 Å². The number of ether oxygens (including phenoxy) is 1. The number of benzene rings is 2. The van der Waals surface area contributed by atoms with Crippen LogP contribution in [0.2, 0.25) is 0 Å².